The van der Waals surface area contributed by atoms with Crippen LogP contribution < -0.4 is 0 Å². The Morgan fingerprint density at radius 3 is 2.77 bits per heavy atom. The molecule has 1 rings (SSSR count). The van der Waals surface area contributed by atoms with Gasteiger partial charge in [0.15, 0.2) is 0 Å². The van der Waals surface area contributed by atoms with Crippen molar-refractivity contribution in [3.05, 3.63) is 46.3 Å². The Labute approximate surface area is 84.1 Å². The molecular formula is C9H17N3O. The maximum atomic E-state index is 8.74. The fourth-order valence-corrected chi connectivity index (χ4v) is 1.15. The zero-order valence-electron chi connectivity index (χ0n) is 11.2. The first kappa shape index (κ1) is 6.95. The number of hydrogen-bond donors (Lipinski definition) is 1. The van der Waals surface area contributed by atoms with Crippen LogP contribution in [0.3, 0.4) is 0 Å². The van der Waals surface area contributed by atoms with Crippen LogP contribution in [0.1, 0.15) is 25.4 Å². The van der Waals surface area contributed by atoms with Gasteiger partial charge in [-0.25, -0.2) is 0 Å². The summed E-state index contributed by atoms with van der Waals surface area (Å²) in [6.07, 6.45) is 0.466. The summed E-state index contributed by atoms with van der Waals surface area (Å²) < 4.78 is 20.0. The fraction of sp³-hybridized carbons (Fsp3) is 0.333. The Kier molecular flexibility index (Phi) is 2.77. The number of azide groups is 1. The van der Waals surface area contributed by atoms with E-state index in [1.165, 1.54) is 0 Å². The molecule has 0 bridgehead atoms. The van der Waals surface area contributed by atoms with E-state index in [0.717, 1.165) is 5.56 Å². The highest BCUT2D eigenvalue weighted by Crippen LogP contribution is 2.20. The largest absolute Gasteiger partial charge is 0.396 e. The molecule has 0 amide bonds. The number of aliphatic hydroxyl groups is 1. The van der Waals surface area contributed by atoms with Crippen molar-refractivity contribution in [2.45, 2.75) is 12.5 Å². The lowest BCUT2D eigenvalue weighted by atomic mass is 10.1. The van der Waals surface area contributed by atoms with Gasteiger partial charge in [0.2, 0.25) is 0 Å². The summed E-state index contributed by atoms with van der Waals surface area (Å²) in [5.41, 5.74) is 9.24. The molecule has 0 fully saturated rings. The van der Waals surface area contributed by atoms with Gasteiger partial charge in [0, 0.05) is 18.9 Å². The van der Waals surface area contributed by atoms with E-state index in [1.807, 2.05) is 30.3 Å². The van der Waals surface area contributed by atoms with Crippen LogP contribution in [0.5, 0.6) is 0 Å². The summed E-state index contributed by atoms with van der Waals surface area (Å²) in [4.78, 5) is 2.74. The second-order valence-corrected chi connectivity index (χ2v) is 2.64. The summed E-state index contributed by atoms with van der Waals surface area (Å²) >= 11 is 0. The molecule has 0 aliphatic heterocycles. The van der Waals surface area contributed by atoms with Crippen molar-refractivity contribution in [2.75, 3.05) is 6.61 Å². The highest BCUT2D eigenvalue weighted by atomic mass is 16.3. The van der Waals surface area contributed by atoms with Crippen molar-refractivity contribution in [3.63, 3.8) is 0 Å². The average molecular weight is 188 g/mol. The van der Waals surface area contributed by atoms with E-state index >= 15 is 0 Å². The first-order chi connectivity index (χ1) is 8.38. The van der Waals surface area contributed by atoms with Crippen LogP contribution in [0.2, 0.25) is 0 Å². The van der Waals surface area contributed by atoms with E-state index in [2.05, 4.69) is 10.0 Å². The first-order valence-corrected chi connectivity index (χ1v) is 4.08. The van der Waals surface area contributed by atoms with Gasteiger partial charge in [0.05, 0.1) is 6.04 Å². The Bertz CT molecular complexity index is 308. The van der Waals surface area contributed by atoms with Crippen LogP contribution in [0.25, 0.3) is 10.4 Å². The Balaban J connectivity index is -0.000000409. The second-order valence-electron chi connectivity index (χ2n) is 2.64. The van der Waals surface area contributed by atoms with E-state index in [0.29, 0.717) is 6.42 Å². The molecule has 1 aromatic carbocycles. The molecule has 0 radical (unpaired) electrons. The van der Waals surface area contributed by atoms with Crippen molar-refractivity contribution in [1.82, 2.24) is 0 Å². The Morgan fingerprint density at radius 1 is 1.54 bits per heavy atom. The number of hydrogen-bond acceptors (Lipinski definition) is 2. The SMILES string of the molecule is [2HH].[2H][2H].[2H][2H].[N-]=[N+]=N[C@@H](CCO)c1ccccc1. The molecule has 1 N–H and O–H groups in total. The van der Waals surface area contributed by atoms with Crippen LogP contribution >= 0.6 is 0 Å². The van der Waals surface area contributed by atoms with Gasteiger partial charge in [-0.15, -0.1) is 0 Å². The van der Waals surface area contributed by atoms with Gasteiger partial charge in [0.25, 0.3) is 0 Å². The number of rotatable bonds is 4. The van der Waals surface area contributed by atoms with Crippen molar-refractivity contribution >= 4 is 0 Å². The highest BCUT2D eigenvalue weighted by Gasteiger charge is 2.06. The van der Waals surface area contributed by atoms with E-state index < -0.39 is 0 Å². The molecule has 0 aliphatic carbocycles. The Morgan fingerprint density at radius 2 is 2.23 bits per heavy atom. The third-order valence-electron chi connectivity index (χ3n) is 1.78. The molecule has 0 aromatic heterocycles. The highest BCUT2D eigenvalue weighted by molar-refractivity contribution is 5.18. The fourth-order valence-electron chi connectivity index (χ4n) is 1.15. The summed E-state index contributed by atoms with van der Waals surface area (Å²) in [6, 6.07) is 9.18. The van der Waals surface area contributed by atoms with Gasteiger partial charge in [-0.1, -0.05) is 35.4 Å². The molecule has 1 aromatic rings. The third kappa shape index (κ3) is 2.78. The van der Waals surface area contributed by atoms with E-state index in [1.54, 1.807) is 0 Å². The predicted octanol–water partition coefficient (Wildman–Crippen LogP) is 3.16. The number of aliphatic hydroxyl groups excluding tert-OH is 1. The monoisotopic (exact) mass is 188 g/mol. The molecule has 4 nitrogen and oxygen atoms in total. The second kappa shape index (κ2) is 5.19. The van der Waals surface area contributed by atoms with E-state index in [9.17, 15) is 0 Å². The maximum absolute atomic E-state index is 8.74. The summed E-state index contributed by atoms with van der Waals surface area (Å²) in [6.45, 7) is 0.0264. The third-order valence-corrected chi connectivity index (χ3v) is 1.78. The molecule has 0 heterocycles. The molecule has 74 valence electrons. The number of nitrogens with zero attached hydrogens (tertiary/aromatic N) is 3. The molecule has 0 unspecified atom stereocenters. The first-order valence-electron chi connectivity index (χ1n) is 6.08. The van der Waals surface area contributed by atoms with Crippen molar-refractivity contribution in [3.8, 4) is 0 Å². The minimum absolute atomic E-state index is 0. The quantitative estimate of drug-likeness (QED) is 0.440. The minimum atomic E-state index is -0.254. The van der Waals surface area contributed by atoms with Gasteiger partial charge in [-0.3, -0.25) is 0 Å². The molecule has 0 spiro atoms. The lowest BCUT2D eigenvalue weighted by Crippen LogP contribution is -1.97. The number of benzene rings is 1. The smallest absolute Gasteiger partial charge is 0.0647 e. The van der Waals surface area contributed by atoms with Gasteiger partial charge >= 0.3 is 0 Å². The van der Waals surface area contributed by atoms with Crippen LogP contribution in [0.15, 0.2) is 35.4 Å². The van der Waals surface area contributed by atoms with E-state index in [4.69, 9.17) is 16.6 Å². The lowest BCUT2D eigenvalue weighted by molar-refractivity contribution is 0.276. The predicted molar refractivity (Wildman–Crippen MR) is 56.4 cm³/mol. The van der Waals surface area contributed by atoms with Crippen molar-refractivity contribution < 1.29 is 12.5 Å². The summed E-state index contributed by atoms with van der Waals surface area (Å²) in [7, 11) is 0. The van der Waals surface area contributed by atoms with Crippen LogP contribution in [0, 0.1) is 0 Å². The molecule has 1 atom stereocenters. The molecule has 0 aliphatic rings. The van der Waals surface area contributed by atoms with Crippen LogP contribution in [-0.2, 0) is 0 Å². The van der Waals surface area contributed by atoms with E-state index in [-0.39, 0.29) is 14.1 Å². The zero-order valence-corrected chi connectivity index (χ0v) is 7.17. The van der Waals surface area contributed by atoms with Gasteiger partial charge < -0.3 is 5.11 Å². The van der Waals surface area contributed by atoms with Crippen LogP contribution in [-0.4, -0.2) is 11.7 Å². The van der Waals surface area contributed by atoms with Crippen LogP contribution in [0.4, 0.5) is 0 Å². The van der Waals surface area contributed by atoms with Gasteiger partial charge in [-0.2, -0.15) is 0 Å². The molecule has 13 heavy (non-hydrogen) atoms. The summed E-state index contributed by atoms with van der Waals surface area (Å²) in [5.74, 6) is 0. The van der Waals surface area contributed by atoms with Gasteiger partial charge in [0.1, 0.15) is 0 Å². The zero-order chi connectivity index (χ0) is 13.5. The minimum Gasteiger partial charge on any atom is -0.396 e. The average Bonchev–Trinajstić information content (AvgIpc) is 2.44. The molecule has 4 heteroatoms. The molecular weight excluding hydrogens is 166 g/mol. The summed E-state index contributed by atoms with van der Waals surface area (Å²) in [5, 5.41) is 12.3. The Hall–Kier alpha value is -1.51. The topological polar surface area (TPSA) is 69.0 Å². The standard InChI is InChI=1S/C9H11N3O.3H2/c10-12-11-9(6-7-13)8-4-2-1-3-5-8;;;/h1-5,9,13H,6-7H2;3*1H/t9-;;;/m0.../s1/i;2*1+1D;1+1. The lowest BCUT2D eigenvalue weighted by Gasteiger charge is -2.08. The molecule has 0 saturated heterocycles. The molecule has 0 saturated carbocycles. The normalized spacial score (nSPS) is 13.0. The van der Waals surface area contributed by atoms with Gasteiger partial charge in [-0.05, 0) is 17.5 Å². The maximum Gasteiger partial charge on any atom is 0.0647 e. The van der Waals surface area contributed by atoms with Crippen molar-refractivity contribution in [2.24, 2.45) is 5.11 Å². The van der Waals surface area contributed by atoms with Crippen molar-refractivity contribution in [1.29, 1.82) is 0 Å².